The lowest BCUT2D eigenvalue weighted by atomic mass is 10.2. The van der Waals surface area contributed by atoms with Gasteiger partial charge in [0.25, 0.3) is 0 Å². The monoisotopic (exact) mass is 281 g/mol. The summed E-state index contributed by atoms with van der Waals surface area (Å²) in [5.41, 5.74) is 0. The Balaban J connectivity index is 1.83. The molecule has 112 valence electrons. The van der Waals surface area contributed by atoms with E-state index < -0.39 is 0 Å². The molecule has 1 aliphatic heterocycles. The molecule has 1 fully saturated rings. The van der Waals surface area contributed by atoms with Crippen LogP contribution in [0.1, 0.15) is 26.1 Å². The maximum atomic E-state index is 12.2. The summed E-state index contributed by atoms with van der Waals surface area (Å²) in [6, 6.07) is -0.222. The number of morpholine rings is 1. The van der Waals surface area contributed by atoms with E-state index in [-0.39, 0.29) is 11.9 Å². The first-order chi connectivity index (χ1) is 9.72. The van der Waals surface area contributed by atoms with Gasteiger partial charge in [0.1, 0.15) is 12.2 Å². The van der Waals surface area contributed by atoms with Crippen molar-refractivity contribution < 1.29 is 9.53 Å². The normalized spacial score (nSPS) is 17.2. The summed E-state index contributed by atoms with van der Waals surface area (Å²) >= 11 is 0. The molecule has 2 rings (SSSR count). The molecule has 20 heavy (non-hydrogen) atoms. The molecule has 1 atom stereocenters. The Kier molecular flexibility index (Phi) is 5.49. The number of hydrogen-bond donors (Lipinski definition) is 1. The van der Waals surface area contributed by atoms with Gasteiger partial charge in [0.15, 0.2) is 0 Å². The van der Waals surface area contributed by atoms with Crippen LogP contribution in [-0.4, -0.2) is 57.9 Å². The van der Waals surface area contributed by atoms with Crippen LogP contribution in [0.4, 0.5) is 0 Å². The maximum absolute atomic E-state index is 12.2. The van der Waals surface area contributed by atoms with E-state index in [2.05, 4.69) is 22.3 Å². The largest absolute Gasteiger partial charge is 0.378 e. The zero-order valence-electron chi connectivity index (χ0n) is 12.2. The minimum Gasteiger partial charge on any atom is -0.378 e. The summed E-state index contributed by atoms with van der Waals surface area (Å²) in [5, 5.41) is 7.40. The van der Waals surface area contributed by atoms with Crippen molar-refractivity contribution in [1.82, 2.24) is 25.0 Å². The van der Waals surface area contributed by atoms with Crippen molar-refractivity contribution in [3.05, 3.63) is 12.2 Å². The van der Waals surface area contributed by atoms with Crippen LogP contribution in [0.2, 0.25) is 0 Å². The number of amides is 1. The molecule has 1 N–H and O–H groups in total. The minimum absolute atomic E-state index is 0.120. The highest BCUT2D eigenvalue weighted by atomic mass is 16.5. The number of carbonyl (C=O) groups excluding carboxylic acids is 1. The van der Waals surface area contributed by atoms with Gasteiger partial charge in [-0.2, -0.15) is 5.10 Å². The molecule has 1 amide bonds. The zero-order chi connectivity index (χ0) is 14.4. The number of rotatable bonds is 6. The molecule has 7 heteroatoms. The van der Waals surface area contributed by atoms with E-state index in [0.29, 0.717) is 32.8 Å². The summed E-state index contributed by atoms with van der Waals surface area (Å²) < 4.78 is 7.13. The van der Waals surface area contributed by atoms with E-state index in [9.17, 15) is 4.79 Å². The molecule has 0 aliphatic carbocycles. The highest BCUT2D eigenvalue weighted by Gasteiger charge is 2.22. The topological polar surface area (TPSA) is 72.3 Å². The predicted octanol–water partition coefficient (Wildman–Crippen LogP) is 0.0250. The van der Waals surface area contributed by atoms with Crippen molar-refractivity contribution in [1.29, 1.82) is 0 Å². The summed E-state index contributed by atoms with van der Waals surface area (Å²) in [5.74, 6) is 0.989. The van der Waals surface area contributed by atoms with Crippen LogP contribution in [0.15, 0.2) is 6.33 Å². The van der Waals surface area contributed by atoms with Crippen LogP contribution < -0.4 is 5.32 Å². The van der Waals surface area contributed by atoms with Crippen LogP contribution in [0.5, 0.6) is 0 Å². The van der Waals surface area contributed by atoms with Gasteiger partial charge >= 0.3 is 0 Å². The van der Waals surface area contributed by atoms with Gasteiger partial charge in [0, 0.05) is 19.6 Å². The van der Waals surface area contributed by atoms with Crippen molar-refractivity contribution in [2.24, 2.45) is 0 Å². The molecule has 1 saturated heterocycles. The number of nitrogens with one attached hydrogen (secondary N) is 1. The Morgan fingerprint density at radius 2 is 2.25 bits per heavy atom. The summed E-state index contributed by atoms with van der Waals surface area (Å²) in [6.45, 7) is 8.00. The quantitative estimate of drug-likeness (QED) is 0.796. The summed E-state index contributed by atoms with van der Waals surface area (Å²) in [6.07, 6.45) is 2.57. The lowest BCUT2D eigenvalue weighted by Crippen LogP contribution is -2.49. The maximum Gasteiger partial charge on any atom is 0.239 e. The SMILES string of the molecule is CCCn1ncnc1CNC(C)C(=O)N1CCOCC1. The van der Waals surface area contributed by atoms with Gasteiger partial charge in [0.05, 0.1) is 25.8 Å². The molecular weight excluding hydrogens is 258 g/mol. The van der Waals surface area contributed by atoms with Crippen molar-refractivity contribution in [3.8, 4) is 0 Å². The van der Waals surface area contributed by atoms with E-state index in [0.717, 1.165) is 18.8 Å². The van der Waals surface area contributed by atoms with Gasteiger partial charge in [-0.05, 0) is 13.3 Å². The lowest BCUT2D eigenvalue weighted by molar-refractivity contribution is -0.137. The third kappa shape index (κ3) is 3.77. The third-order valence-electron chi connectivity index (χ3n) is 3.39. The molecule has 1 aliphatic rings. The Bertz CT molecular complexity index is 428. The number of aromatic nitrogens is 3. The van der Waals surface area contributed by atoms with E-state index in [1.165, 1.54) is 0 Å². The van der Waals surface area contributed by atoms with Gasteiger partial charge < -0.3 is 9.64 Å². The van der Waals surface area contributed by atoms with Crippen LogP contribution in [-0.2, 0) is 22.6 Å². The fraction of sp³-hybridized carbons (Fsp3) is 0.769. The molecular formula is C13H23N5O2. The van der Waals surface area contributed by atoms with E-state index in [1.54, 1.807) is 6.33 Å². The standard InChI is InChI=1S/C13H23N5O2/c1-3-4-18-12(15-10-16-18)9-14-11(2)13(19)17-5-7-20-8-6-17/h10-11,14H,3-9H2,1-2H3. The molecule has 7 nitrogen and oxygen atoms in total. The zero-order valence-corrected chi connectivity index (χ0v) is 12.2. The Hall–Kier alpha value is -1.47. The smallest absolute Gasteiger partial charge is 0.239 e. The molecule has 1 aromatic heterocycles. The first-order valence-electron chi connectivity index (χ1n) is 7.19. The molecule has 2 heterocycles. The van der Waals surface area contributed by atoms with Crippen LogP contribution >= 0.6 is 0 Å². The van der Waals surface area contributed by atoms with Gasteiger partial charge in [0.2, 0.25) is 5.91 Å². The van der Waals surface area contributed by atoms with Gasteiger partial charge in [-0.3, -0.25) is 10.1 Å². The number of hydrogen-bond acceptors (Lipinski definition) is 5. The van der Waals surface area contributed by atoms with E-state index in [4.69, 9.17) is 4.74 Å². The average Bonchev–Trinajstić information content (AvgIpc) is 2.92. The van der Waals surface area contributed by atoms with Gasteiger partial charge in [-0.15, -0.1) is 0 Å². The second-order valence-electron chi connectivity index (χ2n) is 4.94. The first kappa shape index (κ1) is 14.9. The van der Waals surface area contributed by atoms with E-state index >= 15 is 0 Å². The minimum atomic E-state index is -0.222. The van der Waals surface area contributed by atoms with Crippen molar-refractivity contribution >= 4 is 5.91 Å². The second kappa shape index (κ2) is 7.35. The molecule has 0 radical (unpaired) electrons. The van der Waals surface area contributed by atoms with Gasteiger partial charge in [-0.1, -0.05) is 6.92 Å². The lowest BCUT2D eigenvalue weighted by Gasteiger charge is -2.29. The summed E-state index contributed by atoms with van der Waals surface area (Å²) in [7, 11) is 0. The molecule has 1 aromatic rings. The Morgan fingerprint density at radius 3 is 2.95 bits per heavy atom. The number of aryl methyl sites for hydroxylation is 1. The molecule has 0 saturated carbocycles. The van der Waals surface area contributed by atoms with Crippen molar-refractivity contribution in [2.75, 3.05) is 26.3 Å². The first-order valence-corrected chi connectivity index (χ1v) is 7.19. The molecule has 1 unspecified atom stereocenters. The second-order valence-corrected chi connectivity index (χ2v) is 4.94. The van der Waals surface area contributed by atoms with Crippen molar-refractivity contribution in [3.63, 3.8) is 0 Å². The number of carbonyl (C=O) groups is 1. The number of nitrogens with zero attached hydrogens (tertiary/aromatic N) is 4. The highest BCUT2D eigenvalue weighted by Crippen LogP contribution is 2.02. The Morgan fingerprint density at radius 1 is 1.50 bits per heavy atom. The third-order valence-corrected chi connectivity index (χ3v) is 3.39. The molecule has 0 aromatic carbocycles. The fourth-order valence-corrected chi connectivity index (χ4v) is 2.21. The summed E-state index contributed by atoms with van der Waals surface area (Å²) in [4.78, 5) is 18.3. The van der Waals surface area contributed by atoms with Crippen molar-refractivity contribution in [2.45, 2.75) is 39.4 Å². The predicted molar refractivity (Wildman–Crippen MR) is 74.0 cm³/mol. The molecule has 0 spiro atoms. The highest BCUT2D eigenvalue weighted by molar-refractivity contribution is 5.81. The molecule has 0 bridgehead atoms. The fourth-order valence-electron chi connectivity index (χ4n) is 2.21. The van der Waals surface area contributed by atoms with Crippen LogP contribution in [0.25, 0.3) is 0 Å². The average molecular weight is 281 g/mol. The Labute approximate surface area is 119 Å². The van der Waals surface area contributed by atoms with Gasteiger partial charge in [-0.25, -0.2) is 9.67 Å². The van der Waals surface area contributed by atoms with Crippen LogP contribution in [0.3, 0.4) is 0 Å². The van der Waals surface area contributed by atoms with E-state index in [1.807, 2.05) is 16.5 Å². The van der Waals surface area contributed by atoms with Crippen LogP contribution in [0, 0.1) is 0 Å². The number of ether oxygens (including phenoxy) is 1.